The summed E-state index contributed by atoms with van der Waals surface area (Å²) in [5.41, 5.74) is 6.95. The second-order valence-corrected chi connectivity index (χ2v) is 8.96. The summed E-state index contributed by atoms with van der Waals surface area (Å²) in [5, 5.41) is 2.79. The van der Waals surface area contributed by atoms with Crippen LogP contribution in [0.1, 0.15) is 41.5 Å². The lowest BCUT2D eigenvalue weighted by Gasteiger charge is -2.13. The molecule has 0 aliphatic rings. The van der Waals surface area contributed by atoms with Crippen molar-refractivity contribution < 1.29 is 14.1 Å². The van der Waals surface area contributed by atoms with E-state index in [1.54, 1.807) is 0 Å². The molecule has 3 aromatic carbocycles. The molecule has 0 bridgehead atoms. The summed E-state index contributed by atoms with van der Waals surface area (Å²) in [6.07, 6.45) is 2.86. The number of aromatic nitrogens is 4. The number of benzene rings is 3. The largest absolute Gasteiger partial charge is 0.465 e. The Morgan fingerprint density at radius 2 is 1.81 bits per heavy atom. The standard InChI is InChI=1S/C28H26N4O3S/c1-4-5-10-23-29-24-17(2)11-16-22(27(33)34-3)25(24)32(23)19-14-12-18(13-15-19)20-8-6-7-9-21(20)26-30-28(36)35-31-26/h6-9,11-16H,4-5,10H2,1-3H3,(H,30,31,36). The van der Waals surface area contributed by atoms with Crippen molar-refractivity contribution in [1.82, 2.24) is 19.7 Å². The normalized spacial score (nSPS) is 11.2. The van der Waals surface area contributed by atoms with Gasteiger partial charge in [0, 0.05) is 17.7 Å². The number of fused-ring (bicyclic) bond motifs is 1. The zero-order valence-electron chi connectivity index (χ0n) is 20.4. The molecule has 182 valence electrons. The number of ether oxygens (including phenoxy) is 1. The van der Waals surface area contributed by atoms with Gasteiger partial charge in [0.15, 0.2) is 5.82 Å². The number of aromatic amines is 1. The minimum Gasteiger partial charge on any atom is -0.465 e. The van der Waals surface area contributed by atoms with Crippen molar-refractivity contribution in [3.63, 3.8) is 0 Å². The summed E-state index contributed by atoms with van der Waals surface area (Å²) in [6, 6.07) is 19.9. The molecule has 0 aliphatic carbocycles. The van der Waals surface area contributed by atoms with Crippen LogP contribution in [0.15, 0.2) is 65.2 Å². The molecule has 0 aliphatic heterocycles. The van der Waals surface area contributed by atoms with E-state index < -0.39 is 0 Å². The first kappa shape index (κ1) is 23.7. The fourth-order valence-electron chi connectivity index (χ4n) is 4.49. The predicted octanol–water partition coefficient (Wildman–Crippen LogP) is 6.84. The van der Waals surface area contributed by atoms with E-state index in [9.17, 15) is 4.79 Å². The molecular weight excluding hydrogens is 472 g/mol. The molecule has 1 N–H and O–H groups in total. The second kappa shape index (κ2) is 9.91. The smallest absolute Gasteiger partial charge is 0.340 e. The third-order valence-electron chi connectivity index (χ3n) is 6.29. The van der Waals surface area contributed by atoms with Gasteiger partial charge in [-0.15, -0.1) is 0 Å². The molecule has 5 rings (SSSR count). The molecule has 0 fully saturated rings. The Morgan fingerprint density at radius 3 is 2.47 bits per heavy atom. The van der Waals surface area contributed by atoms with Crippen LogP contribution < -0.4 is 0 Å². The van der Waals surface area contributed by atoms with Gasteiger partial charge in [-0.05, 0) is 60.5 Å². The van der Waals surface area contributed by atoms with Crippen molar-refractivity contribution in [2.45, 2.75) is 33.1 Å². The zero-order valence-corrected chi connectivity index (χ0v) is 21.2. The number of unbranched alkanes of at least 4 members (excludes halogenated alkanes) is 1. The fraction of sp³-hybridized carbons (Fsp3) is 0.214. The number of esters is 1. The van der Waals surface area contributed by atoms with Gasteiger partial charge in [0.2, 0.25) is 0 Å². The van der Waals surface area contributed by atoms with E-state index in [4.69, 9.17) is 26.5 Å². The van der Waals surface area contributed by atoms with Crippen molar-refractivity contribution in [3.05, 3.63) is 82.5 Å². The van der Waals surface area contributed by atoms with E-state index in [0.29, 0.717) is 11.4 Å². The Hall–Kier alpha value is -4.04. The van der Waals surface area contributed by atoms with E-state index in [2.05, 4.69) is 45.9 Å². The highest BCUT2D eigenvalue weighted by molar-refractivity contribution is 7.71. The lowest BCUT2D eigenvalue weighted by Crippen LogP contribution is -2.07. The lowest BCUT2D eigenvalue weighted by molar-refractivity contribution is 0.0602. The van der Waals surface area contributed by atoms with Gasteiger partial charge in [0.05, 0.1) is 23.7 Å². The number of carbonyl (C=O) groups excluding carboxylic acids is 1. The van der Waals surface area contributed by atoms with E-state index in [1.165, 1.54) is 7.11 Å². The first-order valence-electron chi connectivity index (χ1n) is 11.9. The summed E-state index contributed by atoms with van der Waals surface area (Å²) in [6.45, 7) is 4.17. The molecule has 0 amide bonds. The van der Waals surface area contributed by atoms with E-state index in [0.717, 1.165) is 64.1 Å². The van der Waals surface area contributed by atoms with E-state index in [-0.39, 0.29) is 10.8 Å². The van der Waals surface area contributed by atoms with Crippen LogP contribution in [0.5, 0.6) is 0 Å². The highest BCUT2D eigenvalue weighted by Gasteiger charge is 2.21. The maximum absolute atomic E-state index is 12.7. The van der Waals surface area contributed by atoms with Crippen molar-refractivity contribution in [2.24, 2.45) is 0 Å². The summed E-state index contributed by atoms with van der Waals surface area (Å²) >= 11 is 5.03. The van der Waals surface area contributed by atoms with Gasteiger partial charge in [-0.2, -0.15) is 4.98 Å². The Kier molecular flexibility index (Phi) is 6.52. The number of carbonyl (C=O) groups is 1. The summed E-state index contributed by atoms with van der Waals surface area (Å²) in [4.78, 5) is 22.1. The molecule has 5 aromatic rings. The number of hydrogen-bond donors (Lipinski definition) is 1. The molecule has 36 heavy (non-hydrogen) atoms. The number of nitrogens with zero attached hydrogens (tertiary/aromatic N) is 3. The molecule has 8 heteroatoms. The zero-order chi connectivity index (χ0) is 25.2. The van der Waals surface area contributed by atoms with Crippen LogP contribution in [0, 0.1) is 11.8 Å². The molecule has 0 spiro atoms. The molecule has 0 unspecified atom stereocenters. The topological polar surface area (TPSA) is 85.9 Å². The maximum Gasteiger partial charge on any atom is 0.340 e. The van der Waals surface area contributed by atoms with Crippen molar-refractivity contribution in [1.29, 1.82) is 0 Å². The first-order chi connectivity index (χ1) is 17.5. The number of H-pyrrole nitrogens is 1. The second-order valence-electron chi connectivity index (χ2n) is 8.61. The molecule has 2 heterocycles. The van der Waals surface area contributed by atoms with Crippen LogP contribution in [0.2, 0.25) is 0 Å². The highest BCUT2D eigenvalue weighted by atomic mass is 32.1. The van der Waals surface area contributed by atoms with E-state index >= 15 is 0 Å². The average molecular weight is 499 g/mol. The van der Waals surface area contributed by atoms with E-state index in [1.807, 2.05) is 43.3 Å². The van der Waals surface area contributed by atoms with Gasteiger partial charge < -0.3 is 9.26 Å². The van der Waals surface area contributed by atoms with Gasteiger partial charge in [0.1, 0.15) is 5.82 Å². The lowest BCUT2D eigenvalue weighted by atomic mass is 9.99. The Balaban J connectivity index is 1.66. The van der Waals surface area contributed by atoms with Crippen LogP contribution in [-0.2, 0) is 11.2 Å². The third kappa shape index (κ3) is 4.24. The first-order valence-corrected chi connectivity index (χ1v) is 12.3. The quantitative estimate of drug-likeness (QED) is 0.195. The molecule has 0 saturated carbocycles. The number of rotatable bonds is 7. The van der Waals surface area contributed by atoms with Gasteiger partial charge >= 0.3 is 10.8 Å². The van der Waals surface area contributed by atoms with Crippen molar-refractivity contribution in [3.8, 4) is 28.2 Å². The average Bonchev–Trinajstić information content (AvgIpc) is 3.51. The van der Waals surface area contributed by atoms with Crippen LogP contribution >= 0.6 is 12.2 Å². The van der Waals surface area contributed by atoms with Crippen LogP contribution in [0.3, 0.4) is 0 Å². The fourth-order valence-corrected chi connectivity index (χ4v) is 4.62. The summed E-state index contributed by atoms with van der Waals surface area (Å²) in [5.74, 6) is 1.13. The maximum atomic E-state index is 12.7. The molecular formula is C28H26N4O3S. The summed E-state index contributed by atoms with van der Waals surface area (Å²) < 4.78 is 12.3. The predicted molar refractivity (Wildman–Crippen MR) is 142 cm³/mol. The Bertz CT molecular complexity index is 1610. The van der Waals surface area contributed by atoms with Crippen LogP contribution in [-0.4, -0.2) is 32.8 Å². The van der Waals surface area contributed by atoms with Crippen LogP contribution in [0.25, 0.3) is 39.2 Å². The van der Waals surface area contributed by atoms with Crippen molar-refractivity contribution in [2.75, 3.05) is 7.11 Å². The van der Waals surface area contributed by atoms with Crippen molar-refractivity contribution >= 4 is 29.2 Å². The number of aryl methyl sites for hydroxylation is 2. The Labute approximate surface area is 213 Å². The van der Waals surface area contributed by atoms with Gasteiger partial charge in [-0.25, -0.2) is 14.9 Å². The van der Waals surface area contributed by atoms with Gasteiger partial charge in [-0.3, -0.25) is 4.57 Å². The number of hydrogen-bond acceptors (Lipinski definition) is 6. The minimum absolute atomic E-state index is 0.165. The molecule has 0 atom stereocenters. The molecule has 7 nitrogen and oxygen atoms in total. The van der Waals surface area contributed by atoms with Crippen LogP contribution in [0.4, 0.5) is 0 Å². The number of methoxy groups -OCH3 is 1. The monoisotopic (exact) mass is 498 g/mol. The minimum atomic E-state index is -0.376. The summed E-state index contributed by atoms with van der Waals surface area (Å²) in [7, 11) is 1.40. The number of nitrogens with one attached hydrogen (secondary N) is 1. The van der Waals surface area contributed by atoms with Gasteiger partial charge in [-0.1, -0.05) is 55.8 Å². The molecule has 0 saturated heterocycles. The molecule has 0 radical (unpaired) electrons. The highest BCUT2D eigenvalue weighted by Crippen LogP contribution is 2.33. The molecule has 2 aromatic heterocycles. The third-order valence-corrected chi connectivity index (χ3v) is 6.47. The van der Waals surface area contributed by atoms with Gasteiger partial charge in [0.25, 0.3) is 0 Å². The Morgan fingerprint density at radius 1 is 1.06 bits per heavy atom. The SMILES string of the molecule is CCCCc1nc2c(C)ccc(C(=O)OC)c2n1-c1ccc(-c2ccccc2-c2nc(=S)o[nH]2)cc1. The number of imidazole rings is 1.